The van der Waals surface area contributed by atoms with Crippen LogP contribution in [0.15, 0.2) is 72.9 Å². The quantitative estimate of drug-likeness (QED) is 0.324. The van der Waals surface area contributed by atoms with E-state index >= 15 is 0 Å². The molecule has 0 bridgehead atoms. The molecule has 3 aliphatic heterocycles. The Morgan fingerprint density at radius 1 is 0.725 bits per heavy atom. The number of rotatable bonds is 4. The van der Waals surface area contributed by atoms with Crippen molar-refractivity contribution in [1.29, 1.82) is 0 Å². The second-order valence-electron chi connectivity index (χ2n) is 12.6. The molecule has 0 saturated carbocycles. The highest BCUT2D eigenvalue weighted by molar-refractivity contribution is 7.27. The zero-order valence-electron chi connectivity index (χ0n) is 23.9. The lowest BCUT2D eigenvalue weighted by Crippen LogP contribution is -2.49. The van der Waals surface area contributed by atoms with Crippen molar-refractivity contribution in [3.63, 3.8) is 0 Å². The molecule has 3 aliphatic rings. The summed E-state index contributed by atoms with van der Waals surface area (Å²) in [5.41, 5.74) is 7.17. The van der Waals surface area contributed by atoms with Gasteiger partial charge in [0.1, 0.15) is 0 Å². The molecule has 2 fully saturated rings. The van der Waals surface area contributed by atoms with Gasteiger partial charge in [-0.15, -0.1) is 11.3 Å². The number of hydrogen-bond donors (Lipinski definition) is 0. The molecule has 200 valence electrons. The molecule has 4 aromatic rings. The molecule has 0 amide bonds. The summed E-state index contributed by atoms with van der Waals surface area (Å²) in [6.45, 7) is 13.1. The van der Waals surface area contributed by atoms with Crippen LogP contribution in [0.2, 0.25) is 0 Å². The summed E-state index contributed by atoms with van der Waals surface area (Å²) in [4.78, 5) is 6.10. The van der Waals surface area contributed by atoms with Gasteiger partial charge in [0, 0.05) is 21.3 Å². The lowest BCUT2D eigenvalue weighted by Gasteiger charge is -2.32. The van der Waals surface area contributed by atoms with E-state index in [0.717, 1.165) is 20.8 Å². The molecule has 5 heterocycles. The molecule has 0 spiro atoms. The van der Waals surface area contributed by atoms with Crippen molar-refractivity contribution in [2.45, 2.75) is 58.3 Å². The first-order chi connectivity index (χ1) is 19.0. The summed E-state index contributed by atoms with van der Waals surface area (Å²) < 4.78 is 26.0. The Balaban J connectivity index is 1.32. The molecule has 0 aliphatic carbocycles. The Kier molecular flexibility index (Phi) is 6.01. The lowest BCUT2D eigenvalue weighted by molar-refractivity contribution is 0.00578. The van der Waals surface area contributed by atoms with E-state index in [1.807, 2.05) is 6.20 Å². The SMILES string of the molecule is CC1(C)COB(c2cc(B3c4ccccc4-c4ccccc43)c(-c3ccc(B4OC(C)(C)C(C)(C)O4)cn3)s2)O1. The van der Waals surface area contributed by atoms with Crippen LogP contribution in [0.4, 0.5) is 0 Å². The summed E-state index contributed by atoms with van der Waals surface area (Å²) in [6.07, 6.45) is 1.89. The third-order valence-corrected chi connectivity index (χ3v) is 9.90. The smallest absolute Gasteiger partial charge is 0.404 e. The molecule has 5 nitrogen and oxygen atoms in total. The van der Waals surface area contributed by atoms with Crippen LogP contribution in [0, 0.1) is 0 Å². The van der Waals surface area contributed by atoms with Gasteiger partial charge in [0.05, 0.1) is 29.1 Å². The van der Waals surface area contributed by atoms with Crippen LogP contribution >= 0.6 is 11.3 Å². The molecule has 0 atom stereocenters. The summed E-state index contributed by atoms with van der Waals surface area (Å²) in [6, 6.07) is 23.9. The second-order valence-corrected chi connectivity index (χ2v) is 13.7. The van der Waals surface area contributed by atoms with Crippen LogP contribution in [0.25, 0.3) is 21.7 Å². The van der Waals surface area contributed by atoms with E-state index in [2.05, 4.69) is 108 Å². The van der Waals surface area contributed by atoms with Gasteiger partial charge in [-0.25, -0.2) is 0 Å². The minimum Gasteiger partial charge on any atom is -0.404 e. The first-order valence-corrected chi connectivity index (χ1v) is 14.8. The number of fused-ring (bicyclic) bond motifs is 3. The number of hydrogen-bond acceptors (Lipinski definition) is 6. The zero-order valence-corrected chi connectivity index (χ0v) is 24.7. The Morgan fingerprint density at radius 3 is 1.90 bits per heavy atom. The monoisotopic (exact) mass is 547 g/mol. The summed E-state index contributed by atoms with van der Waals surface area (Å²) in [5, 5.41) is 0. The average molecular weight is 547 g/mol. The van der Waals surface area contributed by atoms with Gasteiger partial charge in [-0.1, -0.05) is 71.6 Å². The van der Waals surface area contributed by atoms with Crippen LogP contribution in [0.5, 0.6) is 0 Å². The van der Waals surface area contributed by atoms with Crippen molar-refractivity contribution in [1.82, 2.24) is 4.98 Å². The van der Waals surface area contributed by atoms with Crippen molar-refractivity contribution in [2.75, 3.05) is 6.61 Å². The van der Waals surface area contributed by atoms with E-state index in [4.69, 9.17) is 23.6 Å². The maximum atomic E-state index is 6.30. The highest BCUT2D eigenvalue weighted by atomic mass is 32.1. The Hall–Kier alpha value is -2.68. The molecule has 2 aromatic heterocycles. The molecule has 9 heteroatoms. The van der Waals surface area contributed by atoms with E-state index in [1.165, 1.54) is 27.5 Å². The average Bonchev–Trinajstić information content (AvgIpc) is 3.65. The number of benzene rings is 2. The van der Waals surface area contributed by atoms with Gasteiger partial charge >= 0.3 is 14.2 Å². The first kappa shape index (κ1) is 26.2. The summed E-state index contributed by atoms with van der Waals surface area (Å²) in [5.74, 6) is 0. The zero-order chi connectivity index (χ0) is 27.9. The van der Waals surface area contributed by atoms with Crippen LogP contribution in [-0.4, -0.2) is 49.3 Å². The van der Waals surface area contributed by atoms with E-state index in [1.54, 1.807) is 11.3 Å². The third-order valence-electron chi connectivity index (χ3n) is 8.71. The van der Waals surface area contributed by atoms with Crippen molar-refractivity contribution < 1.29 is 18.6 Å². The third kappa shape index (κ3) is 4.22. The number of aromatic nitrogens is 1. The van der Waals surface area contributed by atoms with Gasteiger partial charge in [0.25, 0.3) is 0 Å². The van der Waals surface area contributed by atoms with Crippen molar-refractivity contribution in [3.8, 4) is 21.7 Å². The molecule has 0 N–H and O–H groups in total. The first-order valence-electron chi connectivity index (χ1n) is 14.0. The minimum atomic E-state index is -0.443. The van der Waals surface area contributed by atoms with Gasteiger partial charge in [-0.05, 0) is 64.2 Å². The van der Waals surface area contributed by atoms with Crippen LogP contribution < -0.4 is 26.6 Å². The van der Waals surface area contributed by atoms with Gasteiger partial charge in [-0.3, -0.25) is 4.98 Å². The van der Waals surface area contributed by atoms with Crippen molar-refractivity contribution in [2.24, 2.45) is 0 Å². The van der Waals surface area contributed by atoms with E-state index in [0.29, 0.717) is 6.61 Å². The fourth-order valence-electron chi connectivity index (χ4n) is 5.88. The molecule has 2 saturated heterocycles. The molecule has 0 radical (unpaired) electrons. The fourth-order valence-corrected chi connectivity index (χ4v) is 7.03. The molecule has 40 heavy (non-hydrogen) atoms. The minimum absolute atomic E-state index is 0.103. The molecule has 0 unspecified atom stereocenters. The van der Waals surface area contributed by atoms with Gasteiger partial charge in [0.2, 0.25) is 6.71 Å². The topological polar surface area (TPSA) is 49.8 Å². The van der Waals surface area contributed by atoms with E-state index in [9.17, 15) is 0 Å². The Labute approximate surface area is 241 Å². The predicted molar refractivity (Wildman–Crippen MR) is 166 cm³/mol. The second kappa shape index (κ2) is 9.17. The predicted octanol–water partition coefficient (Wildman–Crippen LogP) is 3.13. The standard InChI is InChI=1S/C31H32B3NO4S/c1-29(2)19-36-34(37-29)27-17-25(32-23-13-9-7-11-21(23)22-12-8-10-14-24(22)32)28(40-27)26-16-15-20(18-35-26)33-38-30(3,4)31(5,6)39-33/h7-18H,19H2,1-6H3. The maximum Gasteiger partial charge on any atom is 0.505 e. The molecular weight excluding hydrogens is 515 g/mol. The number of pyridine rings is 1. The molecule has 7 rings (SSSR count). The van der Waals surface area contributed by atoms with Gasteiger partial charge in [-0.2, -0.15) is 0 Å². The van der Waals surface area contributed by atoms with Crippen molar-refractivity contribution in [3.05, 3.63) is 72.9 Å². The maximum absolute atomic E-state index is 6.30. The lowest BCUT2D eigenvalue weighted by atomic mass is 9.38. The number of nitrogens with zero attached hydrogens (tertiary/aromatic N) is 1. The Morgan fingerprint density at radius 2 is 1.35 bits per heavy atom. The highest BCUT2D eigenvalue weighted by Gasteiger charge is 2.52. The molecular formula is C31H32B3NO4S. The van der Waals surface area contributed by atoms with E-state index in [-0.39, 0.29) is 19.4 Å². The highest BCUT2D eigenvalue weighted by Crippen LogP contribution is 2.36. The van der Waals surface area contributed by atoms with Crippen LogP contribution in [-0.2, 0) is 18.6 Å². The van der Waals surface area contributed by atoms with E-state index < -0.39 is 18.3 Å². The van der Waals surface area contributed by atoms with Gasteiger partial charge in [0.15, 0.2) is 0 Å². The summed E-state index contributed by atoms with van der Waals surface area (Å²) in [7, 11) is -0.829. The van der Waals surface area contributed by atoms with Gasteiger partial charge < -0.3 is 18.6 Å². The largest absolute Gasteiger partial charge is 0.505 e. The summed E-state index contributed by atoms with van der Waals surface area (Å²) >= 11 is 1.71. The van der Waals surface area contributed by atoms with Crippen LogP contribution in [0.3, 0.4) is 0 Å². The Bertz CT molecular complexity index is 1540. The van der Waals surface area contributed by atoms with Crippen molar-refractivity contribution >= 4 is 58.9 Å². The molecule has 2 aromatic carbocycles. The number of thiophene rings is 1. The normalized spacial score (nSPS) is 20.2. The fraction of sp³-hybridized carbons (Fsp3) is 0.323. The van der Waals surface area contributed by atoms with Crippen LogP contribution in [0.1, 0.15) is 41.5 Å².